The molecule has 0 heterocycles. The van der Waals surface area contributed by atoms with Crippen molar-refractivity contribution in [1.29, 1.82) is 0 Å². The van der Waals surface area contributed by atoms with Crippen molar-refractivity contribution in [2.75, 3.05) is 5.73 Å². The molecule has 0 saturated carbocycles. The van der Waals surface area contributed by atoms with Crippen LogP contribution in [0.5, 0.6) is 5.75 Å². The molecule has 0 bridgehead atoms. The molecule has 0 fully saturated rings. The number of hydrogen-bond donors (Lipinski definition) is 1. The van der Waals surface area contributed by atoms with E-state index in [1.54, 1.807) is 76.2 Å². The van der Waals surface area contributed by atoms with Crippen LogP contribution in [0.25, 0.3) is 0 Å². The highest BCUT2D eigenvalue weighted by Gasteiger charge is 2.32. The molecule has 0 spiro atoms. The highest BCUT2D eigenvalue weighted by molar-refractivity contribution is 6.09. The molecular weight excluding hydrogens is 318 g/mol. The zero-order chi connectivity index (χ0) is 18.6. The summed E-state index contributed by atoms with van der Waals surface area (Å²) in [6.45, 7) is 6.85. The second kappa shape index (κ2) is 7.38. The average Bonchev–Trinajstić information content (AvgIpc) is 2.54. The summed E-state index contributed by atoms with van der Waals surface area (Å²) in [7, 11) is 0. The zero-order valence-electron chi connectivity index (χ0n) is 14.9. The lowest BCUT2D eigenvalue weighted by molar-refractivity contribution is -0.163. The second-order valence-electron chi connectivity index (χ2n) is 6.54. The first-order valence-electron chi connectivity index (χ1n) is 8.09. The molecule has 0 atom stereocenters. The summed E-state index contributed by atoms with van der Waals surface area (Å²) in [6, 6.07) is 13.4. The van der Waals surface area contributed by atoms with Gasteiger partial charge in [-0.1, -0.05) is 0 Å². The number of anilines is 1. The molecule has 0 amide bonds. The molecule has 0 unspecified atom stereocenters. The quantitative estimate of drug-likeness (QED) is 0.493. The fourth-order valence-corrected chi connectivity index (χ4v) is 2.17. The number of carbonyl (C=O) groups excluding carboxylic acids is 2. The van der Waals surface area contributed by atoms with E-state index >= 15 is 0 Å². The van der Waals surface area contributed by atoms with Crippen LogP contribution in [0, 0.1) is 0 Å². The molecule has 2 aromatic rings. The molecule has 5 nitrogen and oxygen atoms in total. The molecule has 0 radical (unpaired) electrons. The number of nitrogens with two attached hydrogens (primary N) is 1. The van der Waals surface area contributed by atoms with Gasteiger partial charge in [-0.25, -0.2) is 4.79 Å². The Hall–Kier alpha value is -2.82. The van der Waals surface area contributed by atoms with Gasteiger partial charge in [0.25, 0.3) is 0 Å². The fraction of sp³-hybridized carbons (Fsp3) is 0.300. The van der Waals surface area contributed by atoms with Crippen molar-refractivity contribution in [1.82, 2.24) is 0 Å². The minimum atomic E-state index is -1.12. The molecule has 0 aliphatic heterocycles. The van der Waals surface area contributed by atoms with E-state index in [2.05, 4.69) is 0 Å². The number of esters is 1. The average molecular weight is 341 g/mol. The van der Waals surface area contributed by atoms with Crippen LogP contribution in [0.2, 0.25) is 0 Å². The Balaban J connectivity index is 2.10. The normalized spacial score (nSPS) is 11.2. The Bertz CT molecular complexity index is 746. The highest BCUT2D eigenvalue weighted by atomic mass is 16.6. The third kappa shape index (κ3) is 4.83. The van der Waals surface area contributed by atoms with Crippen molar-refractivity contribution in [2.45, 2.75) is 39.4 Å². The summed E-state index contributed by atoms with van der Waals surface area (Å²) in [5, 5.41) is 0. The van der Waals surface area contributed by atoms with Crippen LogP contribution in [-0.2, 0) is 9.53 Å². The topological polar surface area (TPSA) is 78.6 Å². The van der Waals surface area contributed by atoms with E-state index in [4.69, 9.17) is 15.2 Å². The van der Waals surface area contributed by atoms with Crippen LogP contribution in [0.1, 0.15) is 43.6 Å². The monoisotopic (exact) mass is 341 g/mol. The minimum Gasteiger partial charge on any atom is -0.476 e. The molecule has 132 valence electrons. The van der Waals surface area contributed by atoms with Gasteiger partial charge in [0.05, 0.1) is 6.10 Å². The van der Waals surface area contributed by atoms with Gasteiger partial charge in [-0.05, 0) is 76.2 Å². The van der Waals surface area contributed by atoms with Crippen LogP contribution < -0.4 is 10.5 Å². The Morgan fingerprint density at radius 1 is 0.920 bits per heavy atom. The van der Waals surface area contributed by atoms with Gasteiger partial charge in [-0.2, -0.15) is 0 Å². The van der Waals surface area contributed by atoms with E-state index in [0.29, 0.717) is 22.6 Å². The first-order valence-corrected chi connectivity index (χ1v) is 8.09. The van der Waals surface area contributed by atoms with Crippen molar-refractivity contribution in [3.63, 3.8) is 0 Å². The summed E-state index contributed by atoms with van der Waals surface area (Å²) in [5.41, 5.74) is 6.21. The summed E-state index contributed by atoms with van der Waals surface area (Å²) in [4.78, 5) is 24.5. The van der Waals surface area contributed by atoms with Crippen molar-refractivity contribution in [3.8, 4) is 5.75 Å². The van der Waals surface area contributed by atoms with Gasteiger partial charge >= 0.3 is 5.97 Å². The summed E-state index contributed by atoms with van der Waals surface area (Å²) in [5.74, 6) is -0.0610. The molecule has 2 rings (SSSR count). The number of rotatable bonds is 6. The number of benzene rings is 2. The van der Waals surface area contributed by atoms with Gasteiger partial charge in [-0.3, -0.25) is 4.79 Å². The van der Waals surface area contributed by atoms with Crippen LogP contribution >= 0.6 is 0 Å². The van der Waals surface area contributed by atoms with Crippen LogP contribution in [0.4, 0.5) is 5.69 Å². The standard InChI is InChI=1S/C20H23NO4/c1-13(2)24-19(23)20(3,4)25-17-11-7-15(8-12-17)18(22)14-5-9-16(21)10-6-14/h5-13H,21H2,1-4H3. The number of ketones is 1. The molecule has 0 saturated heterocycles. The molecule has 2 aromatic carbocycles. The van der Waals surface area contributed by atoms with Crippen LogP contribution in [0.3, 0.4) is 0 Å². The minimum absolute atomic E-state index is 0.106. The van der Waals surface area contributed by atoms with Gasteiger partial charge in [-0.15, -0.1) is 0 Å². The van der Waals surface area contributed by atoms with E-state index in [1.807, 2.05) is 0 Å². The maximum absolute atomic E-state index is 12.4. The third-order valence-electron chi connectivity index (χ3n) is 3.50. The number of carbonyl (C=O) groups is 2. The zero-order valence-corrected chi connectivity index (χ0v) is 14.9. The van der Waals surface area contributed by atoms with Crippen molar-refractivity contribution < 1.29 is 19.1 Å². The predicted octanol–water partition coefficient (Wildman–Crippen LogP) is 3.61. The van der Waals surface area contributed by atoms with Crippen molar-refractivity contribution in [2.24, 2.45) is 0 Å². The number of hydrogen-bond acceptors (Lipinski definition) is 5. The van der Waals surface area contributed by atoms with E-state index in [9.17, 15) is 9.59 Å². The Kier molecular flexibility index (Phi) is 5.47. The Labute approximate surface area is 147 Å². The van der Waals surface area contributed by atoms with E-state index in [-0.39, 0.29) is 11.9 Å². The maximum atomic E-state index is 12.4. The van der Waals surface area contributed by atoms with Gasteiger partial charge < -0.3 is 15.2 Å². The lowest BCUT2D eigenvalue weighted by Gasteiger charge is -2.25. The lowest BCUT2D eigenvalue weighted by Crippen LogP contribution is -2.40. The molecular formula is C20H23NO4. The maximum Gasteiger partial charge on any atom is 0.350 e. The summed E-state index contributed by atoms with van der Waals surface area (Å²) < 4.78 is 10.9. The molecule has 0 aliphatic carbocycles. The fourth-order valence-electron chi connectivity index (χ4n) is 2.17. The first kappa shape index (κ1) is 18.5. The van der Waals surface area contributed by atoms with Crippen LogP contribution in [-0.4, -0.2) is 23.5 Å². The van der Waals surface area contributed by atoms with Gasteiger partial charge in [0, 0.05) is 16.8 Å². The van der Waals surface area contributed by atoms with E-state index in [0.717, 1.165) is 0 Å². The summed E-state index contributed by atoms with van der Waals surface area (Å²) in [6.07, 6.45) is -0.213. The SMILES string of the molecule is CC(C)OC(=O)C(C)(C)Oc1ccc(C(=O)c2ccc(N)cc2)cc1. The number of nitrogen functional groups attached to an aromatic ring is 1. The first-order chi connectivity index (χ1) is 11.7. The third-order valence-corrected chi connectivity index (χ3v) is 3.50. The smallest absolute Gasteiger partial charge is 0.350 e. The lowest BCUT2D eigenvalue weighted by atomic mass is 10.0. The van der Waals surface area contributed by atoms with E-state index in [1.165, 1.54) is 0 Å². The second-order valence-corrected chi connectivity index (χ2v) is 6.54. The van der Waals surface area contributed by atoms with Gasteiger partial charge in [0.15, 0.2) is 11.4 Å². The van der Waals surface area contributed by atoms with Crippen molar-refractivity contribution >= 4 is 17.4 Å². The Morgan fingerprint density at radius 3 is 1.88 bits per heavy atom. The Morgan fingerprint density at radius 2 is 1.40 bits per heavy atom. The van der Waals surface area contributed by atoms with Gasteiger partial charge in [0.1, 0.15) is 5.75 Å². The van der Waals surface area contributed by atoms with Crippen LogP contribution in [0.15, 0.2) is 48.5 Å². The molecule has 0 aliphatic rings. The molecule has 0 aromatic heterocycles. The summed E-state index contributed by atoms with van der Waals surface area (Å²) >= 11 is 0. The predicted molar refractivity (Wildman–Crippen MR) is 96.7 cm³/mol. The molecule has 2 N–H and O–H groups in total. The molecule has 5 heteroatoms. The van der Waals surface area contributed by atoms with Crippen molar-refractivity contribution in [3.05, 3.63) is 59.7 Å². The largest absolute Gasteiger partial charge is 0.476 e. The molecule has 25 heavy (non-hydrogen) atoms. The number of ether oxygens (including phenoxy) is 2. The highest BCUT2D eigenvalue weighted by Crippen LogP contribution is 2.22. The van der Waals surface area contributed by atoms with E-state index < -0.39 is 11.6 Å². The van der Waals surface area contributed by atoms with Gasteiger partial charge in [0.2, 0.25) is 0 Å².